The number of ether oxygens (including phenoxy) is 2. The third-order valence-corrected chi connectivity index (χ3v) is 11.1. The Hall–Kier alpha value is -7.57. The van der Waals surface area contributed by atoms with E-state index in [9.17, 15) is 32.3 Å². The van der Waals surface area contributed by atoms with Gasteiger partial charge in [-0.3, -0.25) is 9.59 Å². The van der Waals surface area contributed by atoms with Gasteiger partial charge >= 0.3 is 18.4 Å². The summed E-state index contributed by atoms with van der Waals surface area (Å²) in [5.74, 6) is -0.116. The maximum atomic E-state index is 14.5. The van der Waals surface area contributed by atoms with Crippen LogP contribution >= 0.6 is 0 Å². The lowest BCUT2D eigenvalue weighted by molar-refractivity contribution is -0.142. The zero-order chi connectivity index (χ0) is 44.3. The Balaban J connectivity index is 0.982. The molecule has 4 atom stereocenters. The molecule has 5 heterocycles. The first-order chi connectivity index (χ1) is 30.4. The van der Waals surface area contributed by atoms with Gasteiger partial charge < -0.3 is 40.3 Å². The molecule has 5 N–H and O–H groups in total. The molecule has 0 unspecified atom stereocenters. The number of likely N-dealkylation sites (tertiary alicyclic amines) is 2. The first kappa shape index (κ1) is 42.1. The van der Waals surface area contributed by atoms with Crippen molar-refractivity contribution in [3.8, 4) is 33.9 Å². The maximum absolute atomic E-state index is 14.5. The zero-order valence-electron chi connectivity index (χ0n) is 33.7. The Bertz CT molecular complexity index is 2590. The molecule has 3 aromatic carbocycles. The second kappa shape index (κ2) is 17.8. The molecule has 4 amide bonds. The third-order valence-electron chi connectivity index (χ3n) is 11.1. The summed E-state index contributed by atoms with van der Waals surface area (Å²) in [4.78, 5) is 78.4. The lowest BCUT2D eigenvalue weighted by Crippen LogP contribution is -2.42. The van der Waals surface area contributed by atoms with Gasteiger partial charge in [0.1, 0.15) is 17.7 Å². The monoisotopic (exact) mass is 862 g/mol. The quantitative estimate of drug-likeness (QED) is 0.103. The highest BCUT2D eigenvalue weighted by atomic mass is 19.4. The number of halogens is 3. The highest BCUT2D eigenvalue weighted by Crippen LogP contribution is 2.41. The number of hydrogen-bond donors (Lipinski definition) is 4. The first-order valence-corrected chi connectivity index (χ1v) is 20.1. The molecule has 0 spiro atoms. The summed E-state index contributed by atoms with van der Waals surface area (Å²) in [6.45, 7) is 0.668. The van der Waals surface area contributed by atoms with Crippen LogP contribution in [0.15, 0.2) is 104 Å². The molecule has 2 aliphatic rings. The van der Waals surface area contributed by atoms with Gasteiger partial charge in [-0.25, -0.2) is 29.5 Å². The van der Waals surface area contributed by atoms with E-state index in [2.05, 4.69) is 35.2 Å². The maximum Gasteiger partial charge on any atom is 0.435 e. The number of nitrogens with two attached hydrogens (primary N) is 1. The Kier molecular flexibility index (Phi) is 11.9. The van der Waals surface area contributed by atoms with Crippen molar-refractivity contribution in [2.45, 2.75) is 56.1 Å². The number of amides is 4. The largest absolute Gasteiger partial charge is 0.453 e. The number of carbonyl (C=O) groups is 4. The number of methoxy groups -OCH3 is 1. The number of aromatic amines is 2. The predicted octanol–water partition coefficient (Wildman–Crippen LogP) is 7.20. The summed E-state index contributed by atoms with van der Waals surface area (Å²) in [6, 6.07) is 21.1. The van der Waals surface area contributed by atoms with Gasteiger partial charge in [-0.15, -0.1) is 0 Å². The van der Waals surface area contributed by atoms with Crippen molar-refractivity contribution in [3.63, 3.8) is 0 Å². The third kappa shape index (κ3) is 8.93. The van der Waals surface area contributed by atoms with Gasteiger partial charge in [0.2, 0.25) is 6.10 Å². The number of hydrogen-bond acceptors (Lipinski definition) is 10. The minimum atomic E-state index is -4.83. The van der Waals surface area contributed by atoms with Crippen LogP contribution < -0.4 is 11.1 Å². The number of rotatable bonds is 11. The first-order valence-electron chi connectivity index (χ1n) is 20.1. The fourth-order valence-corrected chi connectivity index (χ4v) is 8.08. The van der Waals surface area contributed by atoms with Gasteiger partial charge in [0.25, 0.3) is 11.8 Å². The summed E-state index contributed by atoms with van der Waals surface area (Å²) in [7, 11) is 1.23. The van der Waals surface area contributed by atoms with Crippen LogP contribution in [-0.4, -0.2) is 83.9 Å². The molecule has 0 bridgehead atoms. The van der Waals surface area contributed by atoms with Crippen molar-refractivity contribution in [3.05, 3.63) is 132 Å². The minimum absolute atomic E-state index is 0.0572. The van der Waals surface area contributed by atoms with E-state index in [1.807, 2.05) is 6.07 Å². The van der Waals surface area contributed by atoms with Crippen LogP contribution in [0.2, 0.25) is 0 Å². The molecule has 63 heavy (non-hydrogen) atoms. The normalized spacial score (nSPS) is 17.3. The summed E-state index contributed by atoms with van der Waals surface area (Å²) in [6.07, 6.45) is -1.14. The molecular weight excluding hydrogens is 822 g/mol. The Morgan fingerprint density at radius 3 is 1.94 bits per heavy atom. The van der Waals surface area contributed by atoms with E-state index in [1.165, 1.54) is 24.1 Å². The predicted molar refractivity (Wildman–Crippen MR) is 220 cm³/mol. The van der Waals surface area contributed by atoms with Crippen molar-refractivity contribution in [1.29, 1.82) is 0 Å². The second-order valence-electron chi connectivity index (χ2n) is 15.0. The van der Waals surface area contributed by atoms with Gasteiger partial charge in [-0.2, -0.15) is 13.2 Å². The Morgan fingerprint density at radius 2 is 1.33 bits per heavy atom. The van der Waals surface area contributed by atoms with E-state index >= 15 is 0 Å². The second-order valence-corrected chi connectivity index (χ2v) is 15.0. The Labute approximate surface area is 358 Å². The van der Waals surface area contributed by atoms with Gasteiger partial charge in [0.15, 0.2) is 11.5 Å². The fourth-order valence-electron chi connectivity index (χ4n) is 8.08. The van der Waals surface area contributed by atoms with Crippen LogP contribution in [0, 0.1) is 0 Å². The fraction of sp³-hybridized carbons (Fsp3) is 0.273. The molecule has 2 fully saturated rings. The number of benzene rings is 3. The highest BCUT2D eigenvalue weighted by Gasteiger charge is 2.43. The number of primary amides is 1. The summed E-state index contributed by atoms with van der Waals surface area (Å²) < 4.78 is 53.5. The number of imidazole rings is 2. The molecule has 324 valence electrons. The van der Waals surface area contributed by atoms with Crippen molar-refractivity contribution >= 4 is 24.0 Å². The zero-order valence-corrected chi connectivity index (χ0v) is 33.7. The number of nitrogens with zero attached hydrogens (tertiary/aromatic N) is 6. The van der Waals surface area contributed by atoms with Gasteiger partial charge in [-0.1, -0.05) is 84.9 Å². The number of alkyl halides is 3. The van der Waals surface area contributed by atoms with Gasteiger partial charge in [-0.05, 0) is 31.2 Å². The topological polar surface area (TPSA) is 214 Å². The van der Waals surface area contributed by atoms with Crippen LogP contribution in [0.5, 0.6) is 0 Å². The van der Waals surface area contributed by atoms with Crippen molar-refractivity contribution in [2.75, 3.05) is 20.2 Å². The molecule has 2 aliphatic heterocycles. The number of aromatic nitrogens is 6. The van der Waals surface area contributed by atoms with E-state index in [1.54, 1.807) is 90.2 Å². The smallest absolute Gasteiger partial charge is 0.435 e. The highest BCUT2D eigenvalue weighted by molar-refractivity contribution is 5.87. The summed E-state index contributed by atoms with van der Waals surface area (Å²) in [5, 5.41) is 2.65. The van der Waals surface area contributed by atoms with E-state index < -0.39 is 48.2 Å². The SMILES string of the molecule is COC(=O)N[C@@H](C(=O)N1CCC[C@H]1c1ncc(-c2cnc(-c3ccc(-c4[nH]c([C@@H]5CCCN5C(=O)[C@H](OC(N)=O)c5ccccc5)nc4C(F)(F)F)cc3)nc2)[nH]1)c1ccccc1. The van der Waals surface area contributed by atoms with Gasteiger partial charge in [0.05, 0.1) is 36.8 Å². The molecule has 8 rings (SSSR count). The van der Waals surface area contributed by atoms with E-state index in [0.29, 0.717) is 65.4 Å². The van der Waals surface area contributed by atoms with E-state index in [0.717, 1.165) is 6.42 Å². The number of nitrogens with one attached hydrogen (secondary N) is 3. The van der Waals surface area contributed by atoms with Crippen LogP contribution in [-0.2, 0) is 25.2 Å². The van der Waals surface area contributed by atoms with Crippen LogP contribution in [0.1, 0.15) is 78.4 Å². The van der Waals surface area contributed by atoms with Crippen molar-refractivity contribution in [1.82, 2.24) is 45.0 Å². The van der Waals surface area contributed by atoms with E-state index in [-0.39, 0.29) is 35.6 Å². The molecule has 16 nitrogen and oxygen atoms in total. The number of carbonyl (C=O) groups excluding carboxylic acids is 4. The summed E-state index contributed by atoms with van der Waals surface area (Å²) in [5.41, 5.74) is 6.78. The van der Waals surface area contributed by atoms with Crippen LogP contribution in [0.4, 0.5) is 22.8 Å². The molecule has 0 saturated carbocycles. The van der Waals surface area contributed by atoms with Gasteiger partial charge in [0, 0.05) is 47.7 Å². The average Bonchev–Trinajstić information content (AvgIpc) is 4.14. The van der Waals surface area contributed by atoms with Crippen LogP contribution in [0.25, 0.3) is 33.9 Å². The molecule has 0 aliphatic carbocycles. The molecule has 2 saturated heterocycles. The average molecular weight is 863 g/mol. The number of H-pyrrole nitrogens is 2. The van der Waals surface area contributed by atoms with Crippen LogP contribution in [0.3, 0.4) is 0 Å². The van der Waals surface area contributed by atoms with E-state index in [4.69, 9.17) is 15.2 Å². The molecule has 3 aromatic heterocycles. The molecular formula is C44H41F3N10O6. The summed E-state index contributed by atoms with van der Waals surface area (Å²) >= 11 is 0. The molecule has 6 aromatic rings. The van der Waals surface area contributed by atoms with Crippen molar-refractivity contribution in [2.24, 2.45) is 5.73 Å². The molecule has 19 heteroatoms. The Morgan fingerprint density at radius 1 is 0.746 bits per heavy atom. The van der Waals surface area contributed by atoms with Crippen molar-refractivity contribution < 1.29 is 41.8 Å². The lowest BCUT2D eigenvalue weighted by Gasteiger charge is -2.28. The standard InChI is InChI=1S/C44H41F3N10O6/c1-62-43(61)54-34(25-10-4-2-5-11-25)40(58)56-20-8-14-31(56)38-51-24-30(52-38)29-22-49-37(50-23-29)28-18-16-26(17-19-28)33-36(44(45,46)47)55-39(53-33)32-15-9-21-57(32)41(59)35(63-42(48)60)27-12-6-3-7-13-27/h2-7,10-13,16-19,22-24,31-32,34-35H,8-9,14-15,20-21H2,1H3,(H2,48,60)(H,51,52)(H,53,55)(H,54,61)/t31-,32-,34+,35+/m0/s1. The molecule has 0 radical (unpaired) electrons. The minimum Gasteiger partial charge on any atom is -0.453 e. The lowest BCUT2D eigenvalue weighted by atomic mass is 10.1. The number of alkyl carbamates (subject to hydrolysis) is 1.